The molecule has 5 nitrogen and oxygen atoms in total. The number of aryl methyl sites for hydroxylation is 1. The van der Waals surface area contributed by atoms with E-state index in [1.165, 1.54) is 24.3 Å². The Labute approximate surface area is 110 Å². The number of anilines is 1. The summed E-state index contributed by atoms with van der Waals surface area (Å²) in [6.45, 7) is 2.03. The van der Waals surface area contributed by atoms with Crippen molar-refractivity contribution in [2.24, 2.45) is 5.84 Å². The predicted molar refractivity (Wildman–Crippen MR) is 70.3 cm³/mol. The molecule has 2 rings (SSSR count). The highest BCUT2D eigenvalue weighted by Gasteiger charge is 2.06. The maximum Gasteiger partial charge on any atom is 0.224 e. The molecule has 0 radical (unpaired) electrons. The normalized spacial score (nSPS) is 10.3. The zero-order chi connectivity index (χ0) is 13.7. The minimum absolute atomic E-state index is 0.314. The highest BCUT2D eigenvalue weighted by Crippen LogP contribution is 2.21. The van der Waals surface area contributed by atoms with Gasteiger partial charge in [0, 0.05) is 12.5 Å². The molecule has 0 aliphatic rings. The van der Waals surface area contributed by atoms with Gasteiger partial charge in [-0.05, 0) is 30.7 Å². The van der Waals surface area contributed by atoms with Crippen LogP contribution in [0.4, 0.5) is 10.2 Å². The number of nitrogens with one attached hydrogen (secondary N) is 1. The van der Waals surface area contributed by atoms with Crippen molar-refractivity contribution < 1.29 is 9.13 Å². The van der Waals surface area contributed by atoms with Crippen molar-refractivity contribution in [1.29, 1.82) is 0 Å². The second kappa shape index (κ2) is 6.10. The van der Waals surface area contributed by atoms with Gasteiger partial charge in [-0.2, -0.15) is 4.98 Å². The highest BCUT2D eigenvalue weighted by molar-refractivity contribution is 5.39. The van der Waals surface area contributed by atoms with Gasteiger partial charge in [0.25, 0.3) is 0 Å². The summed E-state index contributed by atoms with van der Waals surface area (Å²) in [6, 6.07) is 7.30. The van der Waals surface area contributed by atoms with Gasteiger partial charge in [0.1, 0.15) is 23.2 Å². The third-order valence-electron chi connectivity index (χ3n) is 2.41. The molecular weight excluding hydrogens is 247 g/mol. The molecule has 0 saturated heterocycles. The number of aromatic nitrogens is 2. The van der Waals surface area contributed by atoms with Crippen LogP contribution in [0.1, 0.15) is 19.2 Å². The van der Waals surface area contributed by atoms with Crippen molar-refractivity contribution in [3.05, 3.63) is 42.0 Å². The lowest BCUT2D eigenvalue weighted by molar-refractivity contribution is 0.457. The maximum atomic E-state index is 12.8. The summed E-state index contributed by atoms with van der Waals surface area (Å²) in [5.74, 6) is 7.05. The first-order valence-corrected chi connectivity index (χ1v) is 5.99. The summed E-state index contributed by atoms with van der Waals surface area (Å²) in [5.41, 5.74) is 2.47. The van der Waals surface area contributed by atoms with E-state index in [2.05, 4.69) is 15.4 Å². The number of halogens is 1. The zero-order valence-corrected chi connectivity index (χ0v) is 10.6. The summed E-state index contributed by atoms with van der Waals surface area (Å²) in [4.78, 5) is 8.48. The van der Waals surface area contributed by atoms with Gasteiger partial charge in [0.05, 0.1) is 0 Å². The Morgan fingerprint density at radius 2 is 2.00 bits per heavy atom. The molecule has 0 spiro atoms. The molecule has 100 valence electrons. The first-order valence-electron chi connectivity index (χ1n) is 5.99. The first kappa shape index (κ1) is 13.2. The number of ether oxygens (including phenoxy) is 1. The molecule has 3 N–H and O–H groups in total. The molecule has 0 atom stereocenters. The van der Waals surface area contributed by atoms with Gasteiger partial charge in [0.2, 0.25) is 5.88 Å². The number of hydrogen-bond acceptors (Lipinski definition) is 5. The molecule has 0 aliphatic carbocycles. The summed E-state index contributed by atoms with van der Waals surface area (Å²) in [6.07, 6.45) is 1.65. The van der Waals surface area contributed by atoms with Gasteiger partial charge >= 0.3 is 0 Å². The standard InChI is InChI=1S/C13H15FN4O/c1-2-3-11-16-12(18-15)8-13(17-11)19-10-6-4-9(14)5-7-10/h4-8H,2-3,15H2,1H3,(H,16,17,18). The van der Waals surface area contributed by atoms with E-state index in [1.807, 2.05) is 6.92 Å². The molecule has 0 saturated carbocycles. The van der Waals surface area contributed by atoms with Gasteiger partial charge in [-0.25, -0.2) is 15.2 Å². The summed E-state index contributed by atoms with van der Waals surface area (Å²) in [7, 11) is 0. The quantitative estimate of drug-likeness (QED) is 0.640. The van der Waals surface area contributed by atoms with E-state index in [9.17, 15) is 4.39 Å². The average Bonchev–Trinajstić information content (AvgIpc) is 2.41. The van der Waals surface area contributed by atoms with E-state index in [1.54, 1.807) is 6.07 Å². The zero-order valence-electron chi connectivity index (χ0n) is 10.6. The fourth-order valence-corrected chi connectivity index (χ4v) is 1.56. The molecule has 1 aromatic carbocycles. The van der Waals surface area contributed by atoms with E-state index >= 15 is 0 Å². The van der Waals surface area contributed by atoms with Crippen molar-refractivity contribution in [2.45, 2.75) is 19.8 Å². The second-order valence-electron chi connectivity index (χ2n) is 3.96. The Hall–Kier alpha value is -2.21. The van der Waals surface area contributed by atoms with Crippen LogP contribution in [0.3, 0.4) is 0 Å². The Morgan fingerprint density at radius 3 is 2.63 bits per heavy atom. The van der Waals surface area contributed by atoms with Crippen LogP contribution in [0.2, 0.25) is 0 Å². The van der Waals surface area contributed by atoms with Gasteiger partial charge < -0.3 is 10.2 Å². The van der Waals surface area contributed by atoms with Gasteiger partial charge in [-0.15, -0.1) is 0 Å². The summed E-state index contributed by atoms with van der Waals surface area (Å²) >= 11 is 0. The monoisotopic (exact) mass is 262 g/mol. The third-order valence-corrected chi connectivity index (χ3v) is 2.41. The molecule has 0 bridgehead atoms. The van der Waals surface area contributed by atoms with E-state index in [-0.39, 0.29) is 5.82 Å². The number of hydrogen-bond donors (Lipinski definition) is 2. The molecule has 6 heteroatoms. The van der Waals surface area contributed by atoms with Crippen LogP contribution < -0.4 is 16.0 Å². The van der Waals surface area contributed by atoms with Crippen molar-refractivity contribution in [3.63, 3.8) is 0 Å². The van der Waals surface area contributed by atoms with Crippen LogP contribution in [0.5, 0.6) is 11.6 Å². The minimum atomic E-state index is -0.314. The van der Waals surface area contributed by atoms with E-state index in [4.69, 9.17) is 10.6 Å². The topological polar surface area (TPSA) is 73.1 Å². The van der Waals surface area contributed by atoms with Crippen LogP contribution in [0, 0.1) is 5.82 Å². The van der Waals surface area contributed by atoms with Crippen LogP contribution >= 0.6 is 0 Å². The fraction of sp³-hybridized carbons (Fsp3) is 0.231. The number of rotatable bonds is 5. The molecule has 0 aliphatic heterocycles. The van der Waals surface area contributed by atoms with Crippen molar-refractivity contribution in [1.82, 2.24) is 9.97 Å². The molecule has 19 heavy (non-hydrogen) atoms. The van der Waals surface area contributed by atoms with Crippen molar-refractivity contribution in [2.75, 3.05) is 5.43 Å². The van der Waals surface area contributed by atoms with Crippen molar-refractivity contribution in [3.8, 4) is 11.6 Å². The lowest BCUT2D eigenvalue weighted by Crippen LogP contribution is -2.10. The Kier molecular flexibility index (Phi) is 4.25. The van der Waals surface area contributed by atoms with Crippen LogP contribution in [-0.2, 0) is 6.42 Å². The third kappa shape index (κ3) is 3.62. The molecular formula is C13H15FN4O. The summed E-state index contributed by atoms with van der Waals surface area (Å²) < 4.78 is 18.4. The Morgan fingerprint density at radius 1 is 1.26 bits per heavy atom. The SMILES string of the molecule is CCCc1nc(NN)cc(Oc2ccc(F)cc2)n1. The smallest absolute Gasteiger partial charge is 0.224 e. The molecule has 0 amide bonds. The lowest BCUT2D eigenvalue weighted by atomic mass is 10.3. The minimum Gasteiger partial charge on any atom is -0.439 e. The molecule has 0 unspecified atom stereocenters. The average molecular weight is 262 g/mol. The molecule has 0 fully saturated rings. The Balaban J connectivity index is 2.23. The number of nitrogen functional groups attached to an aromatic ring is 1. The van der Waals surface area contributed by atoms with E-state index in [0.717, 1.165) is 12.8 Å². The van der Waals surface area contributed by atoms with Crippen molar-refractivity contribution >= 4 is 5.82 Å². The van der Waals surface area contributed by atoms with Crippen LogP contribution in [0.25, 0.3) is 0 Å². The number of benzene rings is 1. The fourth-order valence-electron chi connectivity index (χ4n) is 1.56. The van der Waals surface area contributed by atoms with Crippen LogP contribution in [-0.4, -0.2) is 9.97 Å². The van der Waals surface area contributed by atoms with Gasteiger partial charge in [-0.3, -0.25) is 0 Å². The molecule has 1 heterocycles. The Bertz CT molecular complexity index is 545. The second-order valence-corrected chi connectivity index (χ2v) is 3.96. The lowest BCUT2D eigenvalue weighted by Gasteiger charge is -2.08. The van der Waals surface area contributed by atoms with E-state index < -0.39 is 0 Å². The predicted octanol–water partition coefficient (Wildman–Crippen LogP) is 2.65. The highest BCUT2D eigenvalue weighted by atomic mass is 19.1. The number of hydrazine groups is 1. The number of nitrogens with two attached hydrogens (primary N) is 1. The molecule has 2 aromatic rings. The number of nitrogens with zero attached hydrogens (tertiary/aromatic N) is 2. The first-order chi connectivity index (χ1) is 9.21. The van der Waals surface area contributed by atoms with Gasteiger partial charge in [-0.1, -0.05) is 6.92 Å². The summed E-state index contributed by atoms with van der Waals surface area (Å²) in [5, 5.41) is 0. The van der Waals surface area contributed by atoms with Gasteiger partial charge in [0.15, 0.2) is 0 Å². The van der Waals surface area contributed by atoms with Crippen LogP contribution in [0.15, 0.2) is 30.3 Å². The molecule has 1 aromatic heterocycles. The largest absolute Gasteiger partial charge is 0.439 e. The maximum absolute atomic E-state index is 12.8. The van der Waals surface area contributed by atoms with E-state index in [0.29, 0.717) is 23.3 Å².